The van der Waals surface area contributed by atoms with E-state index in [1.165, 1.54) is 11.3 Å². The van der Waals surface area contributed by atoms with Crippen molar-refractivity contribution in [3.05, 3.63) is 52.5 Å². The fraction of sp³-hybridized carbons (Fsp3) is 0.176. The fourth-order valence-electron chi connectivity index (χ4n) is 2.58. The zero-order valence-electron chi connectivity index (χ0n) is 13.6. The molecule has 0 aliphatic heterocycles. The first-order valence-corrected chi connectivity index (χ1v) is 8.70. The van der Waals surface area contributed by atoms with Crippen molar-refractivity contribution in [1.82, 2.24) is 20.4 Å². The number of H-pyrrole nitrogens is 1. The van der Waals surface area contributed by atoms with Crippen molar-refractivity contribution < 1.29 is 14.4 Å². The van der Waals surface area contributed by atoms with E-state index in [9.17, 15) is 14.4 Å². The molecule has 1 unspecified atom stereocenters. The lowest BCUT2D eigenvalue weighted by Crippen LogP contribution is -2.32. The van der Waals surface area contributed by atoms with Gasteiger partial charge in [0.25, 0.3) is 5.91 Å². The van der Waals surface area contributed by atoms with Gasteiger partial charge in [0, 0.05) is 18.5 Å². The standard InChI is InChI=1S/C17H15N5O3S/c18-17(25)16(24)11(7-10-4-6-26-9-10)8-13(23)15-14(20-22-21-15)12-3-1-2-5-19-12/h1-6,9,11H,7-8H2,(H2,18,25)(H,20,21,22). The van der Waals surface area contributed by atoms with Gasteiger partial charge in [0.2, 0.25) is 5.78 Å². The van der Waals surface area contributed by atoms with Crippen molar-refractivity contribution in [2.75, 3.05) is 0 Å². The van der Waals surface area contributed by atoms with Gasteiger partial charge in [-0.25, -0.2) is 0 Å². The zero-order chi connectivity index (χ0) is 18.5. The number of pyridine rings is 1. The largest absolute Gasteiger partial charge is 0.363 e. The molecule has 3 N–H and O–H groups in total. The monoisotopic (exact) mass is 369 g/mol. The molecule has 0 radical (unpaired) electrons. The summed E-state index contributed by atoms with van der Waals surface area (Å²) in [7, 11) is 0. The molecule has 0 fully saturated rings. The summed E-state index contributed by atoms with van der Waals surface area (Å²) in [5.41, 5.74) is 6.88. The second-order valence-electron chi connectivity index (χ2n) is 5.62. The van der Waals surface area contributed by atoms with Crippen LogP contribution in [0.15, 0.2) is 41.2 Å². The van der Waals surface area contributed by atoms with Crippen LogP contribution in [0.2, 0.25) is 0 Å². The predicted octanol–water partition coefficient (Wildman–Crippen LogP) is 1.41. The number of hydrogen-bond donors (Lipinski definition) is 2. The average molecular weight is 369 g/mol. The first kappa shape index (κ1) is 17.6. The number of nitrogens with two attached hydrogens (primary N) is 1. The molecule has 26 heavy (non-hydrogen) atoms. The summed E-state index contributed by atoms with van der Waals surface area (Å²) in [5, 5.41) is 14.0. The van der Waals surface area contributed by atoms with Crippen LogP contribution >= 0.6 is 11.3 Å². The van der Waals surface area contributed by atoms with Gasteiger partial charge in [-0.1, -0.05) is 6.07 Å². The summed E-state index contributed by atoms with van der Waals surface area (Å²) < 4.78 is 0. The van der Waals surface area contributed by atoms with E-state index in [0.29, 0.717) is 11.4 Å². The first-order chi connectivity index (χ1) is 12.6. The molecule has 0 bridgehead atoms. The maximum Gasteiger partial charge on any atom is 0.285 e. The molecule has 132 valence electrons. The normalized spacial score (nSPS) is 11.8. The zero-order valence-corrected chi connectivity index (χ0v) is 14.4. The van der Waals surface area contributed by atoms with Crippen molar-refractivity contribution in [1.29, 1.82) is 0 Å². The summed E-state index contributed by atoms with van der Waals surface area (Å²) in [6.07, 6.45) is 1.64. The summed E-state index contributed by atoms with van der Waals surface area (Å²) in [4.78, 5) is 40.4. The van der Waals surface area contributed by atoms with Crippen LogP contribution in [0.1, 0.15) is 22.5 Å². The number of hydrogen-bond acceptors (Lipinski definition) is 7. The third-order valence-corrected chi connectivity index (χ3v) is 4.56. The number of nitrogens with one attached hydrogen (secondary N) is 1. The van der Waals surface area contributed by atoms with Crippen LogP contribution in [0.4, 0.5) is 0 Å². The number of amides is 1. The van der Waals surface area contributed by atoms with E-state index in [1.54, 1.807) is 24.4 Å². The van der Waals surface area contributed by atoms with Crippen LogP contribution in [-0.4, -0.2) is 37.9 Å². The Bertz CT molecular complexity index is 921. The van der Waals surface area contributed by atoms with Crippen molar-refractivity contribution in [2.45, 2.75) is 12.8 Å². The lowest BCUT2D eigenvalue weighted by atomic mass is 9.90. The second kappa shape index (κ2) is 7.79. The van der Waals surface area contributed by atoms with E-state index in [-0.39, 0.29) is 18.5 Å². The molecule has 8 nitrogen and oxygen atoms in total. The van der Waals surface area contributed by atoms with Gasteiger partial charge >= 0.3 is 0 Å². The van der Waals surface area contributed by atoms with Crippen LogP contribution in [0.3, 0.4) is 0 Å². The Morgan fingerprint density at radius 1 is 1.19 bits per heavy atom. The van der Waals surface area contributed by atoms with Crippen molar-refractivity contribution in [3.8, 4) is 11.4 Å². The molecule has 1 amide bonds. The van der Waals surface area contributed by atoms with Gasteiger partial charge in [-0.05, 0) is 40.9 Å². The fourth-order valence-corrected chi connectivity index (χ4v) is 3.26. The summed E-state index contributed by atoms with van der Waals surface area (Å²) in [6, 6.07) is 7.05. The molecule has 0 aromatic carbocycles. The van der Waals surface area contributed by atoms with Crippen molar-refractivity contribution in [2.24, 2.45) is 11.7 Å². The molecule has 1 atom stereocenters. The number of rotatable bonds is 8. The molecule has 0 spiro atoms. The van der Waals surface area contributed by atoms with Gasteiger partial charge in [-0.2, -0.15) is 26.7 Å². The number of carbonyl (C=O) groups is 3. The van der Waals surface area contributed by atoms with E-state index in [0.717, 1.165) is 5.56 Å². The number of primary amides is 1. The van der Waals surface area contributed by atoms with E-state index in [4.69, 9.17) is 5.73 Å². The molecule has 0 aliphatic carbocycles. The highest BCUT2D eigenvalue weighted by Gasteiger charge is 2.29. The topological polar surface area (TPSA) is 132 Å². The number of aromatic amines is 1. The number of nitrogens with zero attached hydrogens (tertiary/aromatic N) is 3. The molecular weight excluding hydrogens is 354 g/mol. The van der Waals surface area contributed by atoms with E-state index < -0.39 is 23.4 Å². The maximum atomic E-state index is 12.7. The van der Waals surface area contributed by atoms with Gasteiger partial charge in [0.1, 0.15) is 5.69 Å². The highest BCUT2D eigenvalue weighted by Crippen LogP contribution is 2.22. The molecule has 0 aliphatic rings. The van der Waals surface area contributed by atoms with Gasteiger partial charge in [0.05, 0.1) is 5.69 Å². The minimum atomic E-state index is -1.05. The summed E-state index contributed by atoms with van der Waals surface area (Å²) in [5.74, 6) is -3.08. The minimum absolute atomic E-state index is 0.0799. The number of aromatic nitrogens is 4. The number of Topliss-reactive ketones (excluding diaryl/α,β-unsaturated/α-hetero) is 2. The maximum absolute atomic E-state index is 12.7. The lowest BCUT2D eigenvalue weighted by molar-refractivity contribution is -0.138. The quantitative estimate of drug-likeness (QED) is 0.456. The smallest absolute Gasteiger partial charge is 0.285 e. The third kappa shape index (κ3) is 3.89. The third-order valence-electron chi connectivity index (χ3n) is 3.83. The van der Waals surface area contributed by atoms with Gasteiger partial charge in [-0.3, -0.25) is 19.4 Å². The second-order valence-corrected chi connectivity index (χ2v) is 6.40. The van der Waals surface area contributed by atoms with Gasteiger partial charge in [0.15, 0.2) is 11.5 Å². The van der Waals surface area contributed by atoms with Crippen LogP contribution < -0.4 is 5.73 Å². The van der Waals surface area contributed by atoms with Crippen LogP contribution in [-0.2, 0) is 16.0 Å². The van der Waals surface area contributed by atoms with E-state index in [2.05, 4.69) is 20.4 Å². The minimum Gasteiger partial charge on any atom is -0.363 e. The Hall–Kier alpha value is -3.20. The highest BCUT2D eigenvalue weighted by atomic mass is 32.1. The molecule has 0 saturated carbocycles. The molecular formula is C17H15N5O3S. The van der Waals surface area contributed by atoms with Crippen LogP contribution in [0.5, 0.6) is 0 Å². The highest BCUT2D eigenvalue weighted by molar-refractivity contribution is 7.07. The average Bonchev–Trinajstić information content (AvgIpc) is 3.32. The summed E-state index contributed by atoms with van der Waals surface area (Å²) >= 11 is 1.47. The van der Waals surface area contributed by atoms with E-state index in [1.807, 2.05) is 16.8 Å². The van der Waals surface area contributed by atoms with Crippen LogP contribution in [0.25, 0.3) is 11.4 Å². The Kier molecular flexibility index (Phi) is 5.28. The molecule has 3 aromatic heterocycles. The van der Waals surface area contributed by atoms with Crippen LogP contribution in [0, 0.1) is 5.92 Å². The Balaban J connectivity index is 1.83. The molecule has 3 heterocycles. The predicted molar refractivity (Wildman–Crippen MR) is 94.3 cm³/mol. The molecule has 3 rings (SSSR count). The number of thiophene rings is 1. The summed E-state index contributed by atoms with van der Waals surface area (Å²) in [6.45, 7) is 0. The van der Waals surface area contributed by atoms with E-state index >= 15 is 0 Å². The molecule has 9 heteroatoms. The molecule has 0 saturated heterocycles. The lowest BCUT2D eigenvalue weighted by Gasteiger charge is -2.12. The number of ketones is 2. The Morgan fingerprint density at radius 3 is 2.69 bits per heavy atom. The van der Waals surface area contributed by atoms with Gasteiger partial charge < -0.3 is 5.73 Å². The SMILES string of the molecule is NC(=O)C(=O)C(CC(=O)c1n[nH]nc1-c1ccccn1)Cc1ccsc1. The van der Waals surface area contributed by atoms with Crippen molar-refractivity contribution in [3.63, 3.8) is 0 Å². The van der Waals surface area contributed by atoms with Gasteiger partial charge in [-0.15, -0.1) is 0 Å². The Labute approximate surface area is 152 Å². The number of carbonyl (C=O) groups excluding carboxylic acids is 3. The first-order valence-electron chi connectivity index (χ1n) is 7.76. The van der Waals surface area contributed by atoms with Crippen molar-refractivity contribution >= 4 is 28.8 Å². The molecule has 3 aromatic rings. The Morgan fingerprint density at radius 2 is 2.04 bits per heavy atom.